The molecule has 3 aromatic heterocycles. The van der Waals surface area contributed by atoms with Crippen LogP contribution in [-0.4, -0.2) is 19.2 Å². The van der Waals surface area contributed by atoms with Gasteiger partial charge in [-0.05, 0) is 6.07 Å². The minimum absolute atomic E-state index is 0.484. The van der Waals surface area contributed by atoms with Crippen molar-refractivity contribution in [2.75, 3.05) is 0 Å². The van der Waals surface area contributed by atoms with E-state index in [1.807, 2.05) is 40.0 Å². The summed E-state index contributed by atoms with van der Waals surface area (Å²) in [5.41, 5.74) is 7.65. The van der Waals surface area contributed by atoms with E-state index in [4.69, 9.17) is 5.73 Å². The van der Waals surface area contributed by atoms with Crippen molar-refractivity contribution in [1.29, 1.82) is 0 Å². The number of aromatic nitrogens is 4. The Kier molecular flexibility index (Phi) is 2.05. The van der Waals surface area contributed by atoms with E-state index in [0.29, 0.717) is 6.54 Å². The summed E-state index contributed by atoms with van der Waals surface area (Å²) in [5.74, 6) is 0.752. The van der Waals surface area contributed by atoms with Gasteiger partial charge in [-0.3, -0.25) is 0 Å². The van der Waals surface area contributed by atoms with Crippen molar-refractivity contribution >= 4 is 16.3 Å². The van der Waals surface area contributed by atoms with Crippen molar-refractivity contribution in [1.82, 2.24) is 19.2 Å². The molecule has 0 saturated heterocycles. The Morgan fingerprint density at radius 1 is 1.50 bits per heavy atom. The summed E-state index contributed by atoms with van der Waals surface area (Å²) >= 11 is 1.56. The molecule has 5 nitrogen and oxygen atoms in total. The highest BCUT2D eigenvalue weighted by atomic mass is 32.1. The Morgan fingerprint density at radius 3 is 3.06 bits per heavy atom. The number of fused-ring (bicyclic) bond motifs is 1. The summed E-state index contributed by atoms with van der Waals surface area (Å²) in [6.45, 7) is 0.484. The molecule has 3 heterocycles. The fourth-order valence-corrected chi connectivity index (χ4v) is 2.46. The minimum atomic E-state index is 0.484. The second-order valence-corrected chi connectivity index (χ2v) is 4.46. The molecule has 0 bridgehead atoms. The summed E-state index contributed by atoms with van der Waals surface area (Å²) in [5, 5.41) is 6.44. The molecule has 0 atom stereocenters. The number of nitrogens with two attached hydrogens (primary N) is 1. The van der Waals surface area contributed by atoms with Gasteiger partial charge in [0.2, 0.25) is 4.96 Å². The van der Waals surface area contributed by atoms with Gasteiger partial charge in [0.1, 0.15) is 0 Å². The number of hydrogen-bond acceptors (Lipinski definition) is 4. The van der Waals surface area contributed by atoms with Gasteiger partial charge in [0, 0.05) is 36.9 Å². The van der Waals surface area contributed by atoms with Crippen LogP contribution in [0, 0.1) is 0 Å². The van der Waals surface area contributed by atoms with Gasteiger partial charge in [-0.15, -0.1) is 16.4 Å². The van der Waals surface area contributed by atoms with Crippen LogP contribution in [0.3, 0.4) is 0 Å². The van der Waals surface area contributed by atoms with Crippen molar-refractivity contribution in [3.63, 3.8) is 0 Å². The highest BCUT2D eigenvalue weighted by Gasteiger charge is 2.10. The zero-order valence-electron chi connectivity index (χ0n) is 8.79. The second kappa shape index (κ2) is 3.43. The smallest absolute Gasteiger partial charge is 0.212 e. The summed E-state index contributed by atoms with van der Waals surface area (Å²) in [6, 6.07) is 2.00. The molecular weight excluding hydrogens is 222 g/mol. The average Bonchev–Trinajstić information content (AvgIpc) is 2.90. The summed E-state index contributed by atoms with van der Waals surface area (Å²) < 4.78 is 3.79. The molecule has 3 aromatic rings. The van der Waals surface area contributed by atoms with Gasteiger partial charge in [0.25, 0.3) is 0 Å². The molecule has 0 aromatic carbocycles. The largest absolute Gasteiger partial charge is 0.357 e. The van der Waals surface area contributed by atoms with Crippen LogP contribution in [0.2, 0.25) is 0 Å². The zero-order chi connectivity index (χ0) is 11.1. The van der Waals surface area contributed by atoms with Crippen LogP contribution in [-0.2, 0) is 13.6 Å². The highest BCUT2D eigenvalue weighted by molar-refractivity contribution is 7.15. The van der Waals surface area contributed by atoms with Crippen molar-refractivity contribution in [2.24, 2.45) is 12.8 Å². The first-order valence-corrected chi connectivity index (χ1v) is 5.81. The lowest BCUT2D eigenvalue weighted by molar-refractivity contribution is 0.867. The number of aryl methyl sites for hydroxylation is 1. The quantitative estimate of drug-likeness (QED) is 0.724. The highest BCUT2D eigenvalue weighted by Crippen LogP contribution is 2.20. The van der Waals surface area contributed by atoms with Crippen molar-refractivity contribution in [2.45, 2.75) is 6.54 Å². The summed E-state index contributed by atoms with van der Waals surface area (Å²) in [7, 11) is 1.98. The molecule has 0 spiro atoms. The number of thiazole rings is 1. The molecule has 0 aliphatic carbocycles. The predicted molar refractivity (Wildman–Crippen MR) is 63.2 cm³/mol. The standard InChI is InChI=1S/C10H11N5S/c1-14-3-2-7(5-14)9-12-10-15(13-9)8(4-11)6-16-10/h2-3,5-6H,4,11H2,1H3. The van der Waals surface area contributed by atoms with E-state index in [1.165, 1.54) is 0 Å². The minimum Gasteiger partial charge on any atom is -0.357 e. The molecule has 16 heavy (non-hydrogen) atoms. The lowest BCUT2D eigenvalue weighted by atomic mass is 10.3. The first-order valence-electron chi connectivity index (χ1n) is 4.93. The number of hydrogen-bond donors (Lipinski definition) is 1. The average molecular weight is 233 g/mol. The molecule has 0 saturated carbocycles. The molecule has 0 amide bonds. The maximum Gasteiger partial charge on any atom is 0.212 e. The maximum absolute atomic E-state index is 5.63. The molecule has 82 valence electrons. The van der Waals surface area contributed by atoms with E-state index in [1.54, 1.807) is 11.3 Å². The van der Waals surface area contributed by atoms with Crippen molar-refractivity contribution in [3.05, 3.63) is 29.5 Å². The number of rotatable bonds is 2. The van der Waals surface area contributed by atoms with E-state index >= 15 is 0 Å². The summed E-state index contributed by atoms with van der Waals surface area (Å²) in [6.07, 6.45) is 3.98. The first kappa shape index (κ1) is 9.56. The van der Waals surface area contributed by atoms with Crippen LogP contribution in [0.5, 0.6) is 0 Å². The number of nitrogens with zero attached hydrogens (tertiary/aromatic N) is 4. The van der Waals surface area contributed by atoms with E-state index in [9.17, 15) is 0 Å². The van der Waals surface area contributed by atoms with Crippen LogP contribution < -0.4 is 5.73 Å². The predicted octanol–water partition coefficient (Wildman–Crippen LogP) is 1.25. The molecule has 0 aliphatic heterocycles. The normalized spacial score (nSPS) is 11.4. The fourth-order valence-electron chi connectivity index (χ4n) is 1.62. The fraction of sp³-hybridized carbons (Fsp3) is 0.200. The molecular formula is C10H11N5S. The Bertz CT molecular complexity index is 633. The van der Waals surface area contributed by atoms with Gasteiger partial charge in [-0.1, -0.05) is 0 Å². The van der Waals surface area contributed by atoms with Gasteiger partial charge in [-0.2, -0.15) is 4.98 Å². The third kappa shape index (κ3) is 1.35. The lowest BCUT2D eigenvalue weighted by Crippen LogP contribution is -2.00. The van der Waals surface area contributed by atoms with E-state index < -0.39 is 0 Å². The molecule has 0 radical (unpaired) electrons. The van der Waals surface area contributed by atoms with Crippen molar-refractivity contribution in [3.8, 4) is 11.4 Å². The third-order valence-corrected chi connectivity index (χ3v) is 3.31. The summed E-state index contributed by atoms with van der Waals surface area (Å²) in [4.78, 5) is 5.35. The van der Waals surface area contributed by atoms with Crippen LogP contribution in [0.25, 0.3) is 16.3 Å². The molecule has 0 unspecified atom stereocenters. The van der Waals surface area contributed by atoms with E-state index in [2.05, 4.69) is 10.1 Å². The SMILES string of the molecule is Cn1ccc(-c2nc3scc(CN)n3n2)c1. The lowest BCUT2D eigenvalue weighted by Gasteiger charge is -1.90. The third-order valence-electron chi connectivity index (χ3n) is 2.45. The monoisotopic (exact) mass is 233 g/mol. The van der Waals surface area contributed by atoms with Crippen LogP contribution in [0.15, 0.2) is 23.8 Å². The van der Waals surface area contributed by atoms with E-state index in [-0.39, 0.29) is 0 Å². The van der Waals surface area contributed by atoms with Gasteiger partial charge >= 0.3 is 0 Å². The van der Waals surface area contributed by atoms with Crippen molar-refractivity contribution < 1.29 is 0 Å². The zero-order valence-corrected chi connectivity index (χ0v) is 9.61. The van der Waals surface area contributed by atoms with Gasteiger partial charge in [0.05, 0.1) is 5.69 Å². The van der Waals surface area contributed by atoms with Crippen LogP contribution >= 0.6 is 11.3 Å². The van der Waals surface area contributed by atoms with Gasteiger partial charge in [0.15, 0.2) is 5.82 Å². The van der Waals surface area contributed by atoms with Crippen LogP contribution in [0.4, 0.5) is 0 Å². The Balaban J connectivity index is 2.15. The first-order chi connectivity index (χ1) is 7.78. The Morgan fingerprint density at radius 2 is 2.38 bits per heavy atom. The van der Waals surface area contributed by atoms with Crippen LogP contribution in [0.1, 0.15) is 5.69 Å². The second-order valence-electron chi connectivity index (χ2n) is 3.63. The topological polar surface area (TPSA) is 61.1 Å². The maximum atomic E-state index is 5.63. The van der Waals surface area contributed by atoms with Gasteiger partial charge in [-0.25, -0.2) is 4.52 Å². The molecule has 6 heteroatoms. The van der Waals surface area contributed by atoms with Gasteiger partial charge < -0.3 is 10.3 Å². The molecule has 0 fully saturated rings. The van der Waals surface area contributed by atoms with E-state index in [0.717, 1.165) is 22.0 Å². The molecule has 2 N–H and O–H groups in total. The Hall–Kier alpha value is -1.66. The molecule has 0 aliphatic rings. The Labute approximate surface area is 96.1 Å². The molecule has 3 rings (SSSR count).